The summed E-state index contributed by atoms with van der Waals surface area (Å²) in [7, 11) is 3.32. The number of thioether (sulfide) groups is 1. The van der Waals surface area contributed by atoms with Crippen molar-refractivity contribution in [3.63, 3.8) is 0 Å². The lowest BCUT2D eigenvalue weighted by Gasteiger charge is -2.15. The molecule has 0 saturated heterocycles. The Bertz CT molecular complexity index is 456. The van der Waals surface area contributed by atoms with Gasteiger partial charge in [-0.1, -0.05) is 0 Å². The van der Waals surface area contributed by atoms with E-state index in [1.54, 1.807) is 14.2 Å². The van der Waals surface area contributed by atoms with Gasteiger partial charge in [-0.15, -0.1) is 0 Å². The van der Waals surface area contributed by atoms with E-state index in [0.717, 1.165) is 27.8 Å². The summed E-state index contributed by atoms with van der Waals surface area (Å²) < 4.78 is 11.6. The fraction of sp³-hybridized carbons (Fsp3) is 0.600. The Morgan fingerprint density at radius 3 is 2.70 bits per heavy atom. The van der Waals surface area contributed by atoms with Crippen molar-refractivity contribution in [2.45, 2.75) is 37.1 Å². The SMILES string of the molecule is COc1cc(CNC2CCC(SC)C2)cc(Br)c1OC. The highest BCUT2D eigenvalue weighted by Crippen LogP contribution is 2.36. The predicted molar refractivity (Wildman–Crippen MR) is 89.0 cm³/mol. The zero-order valence-electron chi connectivity index (χ0n) is 12.2. The smallest absolute Gasteiger partial charge is 0.174 e. The molecule has 1 N–H and O–H groups in total. The average molecular weight is 360 g/mol. The number of nitrogens with one attached hydrogen (secondary N) is 1. The third-order valence-corrected chi connectivity index (χ3v) is 5.49. The molecule has 0 radical (unpaired) electrons. The van der Waals surface area contributed by atoms with Gasteiger partial charge in [0.05, 0.1) is 18.7 Å². The maximum absolute atomic E-state index is 5.38. The van der Waals surface area contributed by atoms with Crippen LogP contribution in [0.1, 0.15) is 24.8 Å². The van der Waals surface area contributed by atoms with E-state index in [1.807, 2.05) is 17.8 Å². The first-order valence-electron chi connectivity index (χ1n) is 6.84. The van der Waals surface area contributed by atoms with Crippen molar-refractivity contribution in [2.75, 3.05) is 20.5 Å². The van der Waals surface area contributed by atoms with Gasteiger partial charge in [-0.2, -0.15) is 11.8 Å². The van der Waals surface area contributed by atoms with Gasteiger partial charge in [0.1, 0.15) is 0 Å². The molecule has 0 aromatic heterocycles. The summed E-state index contributed by atoms with van der Waals surface area (Å²) in [6.45, 7) is 0.866. The van der Waals surface area contributed by atoms with E-state index in [9.17, 15) is 0 Å². The predicted octanol–water partition coefficient (Wildman–Crippen LogP) is 3.84. The summed E-state index contributed by atoms with van der Waals surface area (Å²) in [5.74, 6) is 1.52. The molecule has 1 aliphatic rings. The van der Waals surface area contributed by atoms with Crippen molar-refractivity contribution in [3.8, 4) is 11.5 Å². The van der Waals surface area contributed by atoms with Gasteiger partial charge in [0.15, 0.2) is 11.5 Å². The summed E-state index contributed by atoms with van der Waals surface area (Å²) in [6.07, 6.45) is 6.09. The molecule has 3 nitrogen and oxygen atoms in total. The van der Waals surface area contributed by atoms with Crippen LogP contribution in [0.2, 0.25) is 0 Å². The number of hydrogen-bond acceptors (Lipinski definition) is 4. The van der Waals surface area contributed by atoms with E-state index in [4.69, 9.17) is 9.47 Å². The minimum Gasteiger partial charge on any atom is -0.493 e. The zero-order chi connectivity index (χ0) is 14.5. The molecule has 1 saturated carbocycles. The van der Waals surface area contributed by atoms with Crippen LogP contribution in [0, 0.1) is 0 Å². The van der Waals surface area contributed by atoms with Gasteiger partial charge >= 0.3 is 0 Å². The van der Waals surface area contributed by atoms with Crippen LogP contribution in [0.3, 0.4) is 0 Å². The lowest BCUT2D eigenvalue weighted by molar-refractivity contribution is 0.352. The first-order chi connectivity index (χ1) is 9.67. The molecule has 0 spiro atoms. The number of benzene rings is 1. The minimum absolute atomic E-state index is 0.638. The summed E-state index contributed by atoms with van der Waals surface area (Å²) in [6, 6.07) is 4.77. The maximum atomic E-state index is 5.38. The molecule has 2 rings (SSSR count). The van der Waals surface area contributed by atoms with Crippen molar-refractivity contribution in [1.82, 2.24) is 5.32 Å². The van der Waals surface area contributed by atoms with Crippen LogP contribution in [0.4, 0.5) is 0 Å². The Kier molecular flexibility index (Phi) is 6.05. The zero-order valence-corrected chi connectivity index (χ0v) is 14.6. The molecule has 1 aromatic rings. The molecule has 2 atom stereocenters. The summed E-state index contributed by atoms with van der Waals surface area (Å²) >= 11 is 5.52. The van der Waals surface area contributed by atoms with Gasteiger partial charge in [0, 0.05) is 17.8 Å². The third-order valence-electron chi connectivity index (χ3n) is 3.81. The quantitative estimate of drug-likeness (QED) is 0.835. The van der Waals surface area contributed by atoms with Gasteiger partial charge in [-0.3, -0.25) is 0 Å². The minimum atomic E-state index is 0.638. The van der Waals surface area contributed by atoms with Crippen molar-refractivity contribution < 1.29 is 9.47 Å². The van der Waals surface area contributed by atoms with Crippen molar-refractivity contribution in [3.05, 3.63) is 22.2 Å². The third kappa shape index (κ3) is 3.83. The Balaban J connectivity index is 1.98. The van der Waals surface area contributed by atoms with E-state index in [-0.39, 0.29) is 0 Å². The molecule has 112 valence electrons. The monoisotopic (exact) mass is 359 g/mol. The second-order valence-electron chi connectivity index (χ2n) is 5.06. The Morgan fingerprint density at radius 2 is 2.10 bits per heavy atom. The Hall–Kier alpha value is -0.390. The summed E-state index contributed by atoms with van der Waals surface area (Å²) in [5.41, 5.74) is 1.21. The van der Waals surface area contributed by atoms with E-state index >= 15 is 0 Å². The maximum Gasteiger partial charge on any atom is 0.174 e. The van der Waals surface area contributed by atoms with E-state index in [2.05, 4.69) is 33.6 Å². The Morgan fingerprint density at radius 1 is 1.30 bits per heavy atom. The topological polar surface area (TPSA) is 30.5 Å². The molecule has 0 heterocycles. The van der Waals surface area contributed by atoms with Crippen LogP contribution in [0.15, 0.2) is 16.6 Å². The van der Waals surface area contributed by atoms with Gasteiger partial charge < -0.3 is 14.8 Å². The fourth-order valence-electron chi connectivity index (χ4n) is 2.68. The van der Waals surface area contributed by atoms with Crippen molar-refractivity contribution in [2.24, 2.45) is 0 Å². The van der Waals surface area contributed by atoms with E-state index < -0.39 is 0 Å². The van der Waals surface area contributed by atoms with Gasteiger partial charge in [0.25, 0.3) is 0 Å². The first kappa shape index (κ1) is 16.0. The van der Waals surface area contributed by atoms with Crippen molar-refractivity contribution in [1.29, 1.82) is 0 Å². The normalized spacial score (nSPS) is 22.0. The second kappa shape index (κ2) is 7.57. The highest BCUT2D eigenvalue weighted by atomic mass is 79.9. The summed E-state index contributed by atoms with van der Waals surface area (Å²) in [4.78, 5) is 0. The van der Waals surface area contributed by atoms with Gasteiger partial charge in [0.2, 0.25) is 0 Å². The lowest BCUT2D eigenvalue weighted by atomic mass is 10.1. The lowest BCUT2D eigenvalue weighted by Crippen LogP contribution is -2.26. The summed E-state index contributed by atoms with van der Waals surface area (Å²) in [5, 5.41) is 4.47. The molecule has 0 aliphatic heterocycles. The van der Waals surface area contributed by atoms with Crippen LogP contribution < -0.4 is 14.8 Å². The van der Waals surface area contributed by atoms with Gasteiger partial charge in [-0.25, -0.2) is 0 Å². The van der Waals surface area contributed by atoms with Crippen LogP contribution >= 0.6 is 27.7 Å². The fourth-order valence-corrected chi connectivity index (χ4v) is 4.12. The first-order valence-corrected chi connectivity index (χ1v) is 8.92. The van der Waals surface area contributed by atoms with Crippen molar-refractivity contribution >= 4 is 27.7 Å². The molecular formula is C15H22BrNO2S. The van der Waals surface area contributed by atoms with E-state index in [0.29, 0.717) is 6.04 Å². The number of hydrogen-bond donors (Lipinski definition) is 1. The molecule has 5 heteroatoms. The van der Waals surface area contributed by atoms with Crippen LogP contribution in [0.25, 0.3) is 0 Å². The molecule has 0 bridgehead atoms. The molecule has 20 heavy (non-hydrogen) atoms. The van der Waals surface area contributed by atoms with Crippen LogP contribution in [-0.4, -0.2) is 31.8 Å². The second-order valence-corrected chi connectivity index (χ2v) is 7.05. The Labute approximate surface area is 133 Å². The van der Waals surface area contributed by atoms with E-state index in [1.165, 1.54) is 24.8 Å². The molecular weight excluding hydrogens is 338 g/mol. The number of halogens is 1. The molecule has 1 fully saturated rings. The molecule has 1 aromatic carbocycles. The highest BCUT2D eigenvalue weighted by Gasteiger charge is 2.23. The largest absolute Gasteiger partial charge is 0.493 e. The number of methoxy groups -OCH3 is 2. The van der Waals surface area contributed by atoms with Gasteiger partial charge in [-0.05, 0) is 59.1 Å². The van der Waals surface area contributed by atoms with Crippen LogP contribution in [-0.2, 0) is 6.54 Å². The molecule has 2 unspecified atom stereocenters. The molecule has 1 aliphatic carbocycles. The number of rotatable bonds is 6. The number of ether oxygens (including phenoxy) is 2. The molecule has 0 amide bonds. The highest BCUT2D eigenvalue weighted by molar-refractivity contribution is 9.10. The standard InChI is InChI=1S/C15H22BrNO2S/c1-18-14-7-10(6-13(16)15(14)19-2)9-17-11-4-5-12(8-11)20-3/h6-7,11-12,17H,4-5,8-9H2,1-3H3. The van der Waals surface area contributed by atoms with Crippen LogP contribution in [0.5, 0.6) is 11.5 Å². The average Bonchev–Trinajstić information content (AvgIpc) is 2.92.